The number of benzene rings is 4. The Hall–Kier alpha value is -6.90. The Balaban J connectivity index is 0.000000192. The highest BCUT2D eigenvalue weighted by Crippen LogP contribution is 2.52. The van der Waals surface area contributed by atoms with Crippen LogP contribution in [0.4, 0.5) is 0 Å². The van der Waals surface area contributed by atoms with Crippen molar-refractivity contribution in [1.29, 1.82) is 0 Å². The van der Waals surface area contributed by atoms with Gasteiger partial charge in [0, 0.05) is 58.7 Å². The standard InChI is InChI=1S/C27H28N2O4.C25H24N2O4/c1-25(2,30-5)13-11-18-7-9-22-20(15-18)27(17-32-24(28)29-27)21-16-19(8-10-23(21)33-22)12-14-26(3,4)31-6;1-23(2,28)11-9-16-5-7-20-18(13-16)25(15-30-22(26)27-25)19-14-17(6-8-21(19)31-20)10-12-24(3,4)29/h7-10,15-16H,17H2,1-6H3,(H2,28,29);5-8,13-14,28-29H,15H2,1-4H3,(H2,26,27). The molecule has 8 rings (SSSR count). The summed E-state index contributed by atoms with van der Waals surface area (Å²) in [6.45, 7) is 14.7. The van der Waals surface area contributed by atoms with E-state index in [2.05, 4.69) is 52.4 Å². The third-order valence-corrected chi connectivity index (χ3v) is 10.7. The lowest BCUT2D eigenvalue weighted by Crippen LogP contribution is -2.31. The highest BCUT2D eigenvalue weighted by atomic mass is 16.5. The van der Waals surface area contributed by atoms with Crippen molar-refractivity contribution < 1.29 is 38.6 Å². The van der Waals surface area contributed by atoms with Crippen LogP contribution in [0.2, 0.25) is 0 Å². The van der Waals surface area contributed by atoms with Gasteiger partial charge in [0.05, 0.1) is 0 Å². The number of fused-ring (bicyclic) bond motifs is 8. The molecule has 328 valence electrons. The minimum absolute atomic E-state index is 0.0970. The van der Waals surface area contributed by atoms with Crippen molar-refractivity contribution in [2.45, 2.75) is 88.9 Å². The fourth-order valence-corrected chi connectivity index (χ4v) is 7.02. The van der Waals surface area contributed by atoms with Gasteiger partial charge < -0.3 is 50.1 Å². The van der Waals surface area contributed by atoms with E-state index in [9.17, 15) is 10.2 Å². The molecule has 0 atom stereocenters. The van der Waals surface area contributed by atoms with Crippen molar-refractivity contribution in [2.75, 3.05) is 27.4 Å². The summed E-state index contributed by atoms with van der Waals surface area (Å²) >= 11 is 0. The molecular formula is C52H52N4O8. The quantitative estimate of drug-likeness (QED) is 0.162. The van der Waals surface area contributed by atoms with Crippen LogP contribution in [0.25, 0.3) is 0 Å². The molecule has 12 nitrogen and oxygen atoms in total. The van der Waals surface area contributed by atoms with Crippen LogP contribution >= 0.6 is 0 Å². The summed E-state index contributed by atoms with van der Waals surface area (Å²) in [5.74, 6) is 27.0. The lowest BCUT2D eigenvalue weighted by atomic mass is 9.80. The van der Waals surface area contributed by atoms with Crippen molar-refractivity contribution in [2.24, 2.45) is 21.5 Å². The van der Waals surface area contributed by atoms with E-state index in [1.54, 1.807) is 41.9 Å². The first-order valence-electron chi connectivity index (χ1n) is 20.6. The third-order valence-electron chi connectivity index (χ3n) is 10.7. The second kappa shape index (κ2) is 16.7. The first-order chi connectivity index (χ1) is 30.0. The predicted octanol–water partition coefficient (Wildman–Crippen LogP) is 6.56. The molecule has 0 bridgehead atoms. The molecule has 4 aromatic carbocycles. The van der Waals surface area contributed by atoms with Gasteiger partial charge in [-0.1, -0.05) is 47.4 Å². The topological polar surface area (TPSA) is 173 Å². The van der Waals surface area contributed by atoms with Gasteiger partial charge in [0.15, 0.2) is 11.1 Å². The zero-order chi connectivity index (χ0) is 46.3. The Labute approximate surface area is 375 Å². The maximum absolute atomic E-state index is 9.94. The zero-order valence-electron chi connectivity index (χ0n) is 37.7. The van der Waals surface area contributed by atoms with Crippen LogP contribution in [-0.2, 0) is 30.0 Å². The van der Waals surface area contributed by atoms with E-state index in [1.807, 2.05) is 100 Å². The molecule has 0 aromatic heterocycles. The second-order valence-corrected chi connectivity index (χ2v) is 17.8. The second-order valence-electron chi connectivity index (χ2n) is 17.8. The van der Waals surface area contributed by atoms with Gasteiger partial charge in [0.1, 0.15) is 58.6 Å². The van der Waals surface area contributed by atoms with E-state index >= 15 is 0 Å². The molecule has 0 radical (unpaired) electrons. The van der Waals surface area contributed by atoms with Crippen LogP contribution in [0.15, 0.2) is 82.8 Å². The van der Waals surface area contributed by atoms with Gasteiger partial charge in [-0.3, -0.25) is 0 Å². The third kappa shape index (κ3) is 9.68. The molecule has 0 amide bonds. The van der Waals surface area contributed by atoms with Gasteiger partial charge in [-0.05, 0) is 128 Å². The van der Waals surface area contributed by atoms with E-state index in [0.29, 0.717) is 34.1 Å². The van der Waals surface area contributed by atoms with Crippen LogP contribution in [0.1, 0.15) is 99.9 Å². The maximum atomic E-state index is 9.94. The summed E-state index contributed by atoms with van der Waals surface area (Å²) in [4.78, 5) is 9.40. The number of hydrogen-bond donors (Lipinski definition) is 4. The average Bonchev–Trinajstić information content (AvgIpc) is 3.84. The van der Waals surface area contributed by atoms with Crippen LogP contribution < -0.4 is 20.9 Å². The van der Waals surface area contributed by atoms with Crippen LogP contribution in [0, 0.1) is 47.4 Å². The van der Waals surface area contributed by atoms with Gasteiger partial charge in [-0.2, -0.15) is 0 Å². The summed E-state index contributed by atoms with van der Waals surface area (Å²) in [6.07, 6.45) is 0. The van der Waals surface area contributed by atoms with Crippen molar-refractivity contribution >= 4 is 12.0 Å². The molecule has 0 unspecified atom stereocenters. The van der Waals surface area contributed by atoms with Gasteiger partial charge >= 0.3 is 0 Å². The van der Waals surface area contributed by atoms with Gasteiger partial charge in [-0.25, -0.2) is 9.98 Å². The van der Waals surface area contributed by atoms with Crippen molar-refractivity contribution in [3.05, 3.63) is 117 Å². The highest BCUT2D eigenvalue weighted by Gasteiger charge is 2.48. The Morgan fingerprint density at radius 3 is 1.02 bits per heavy atom. The Bertz CT molecular complexity index is 2690. The number of nitrogens with two attached hydrogens (primary N) is 2. The lowest BCUT2D eigenvalue weighted by molar-refractivity contribution is 0.0739. The molecule has 12 heteroatoms. The van der Waals surface area contributed by atoms with Crippen molar-refractivity contribution in [3.63, 3.8) is 0 Å². The molecule has 2 spiro atoms. The molecule has 6 N–H and O–H groups in total. The first kappa shape index (κ1) is 45.1. The molecule has 4 heterocycles. The number of aliphatic hydroxyl groups is 2. The SMILES string of the molecule is CC(C)(O)C#Cc1ccc2c(c1)C1(COC(N)=N1)c1cc(C#CC(C)(C)O)ccc1O2.COC(C)(C)C#Cc1ccc2c(c1)C1(COC(N)=N1)c1cc(C#CC(C)(C)OC)ccc1O2. The average molecular weight is 861 g/mol. The van der Waals surface area contributed by atoms with Crippen molar-refractivity contribution in [3.8, 4) is 70.4 Å². The molecule has 0 saturated carbocycles. The van der Waals surface area contributed by atoms with E-state index in [0.717, 1.165) is 33.4 Å². The van der Waals surface area contributed by atoms with Gasteiger partial charge in [-0.15, -0.1) is 0 Å². The maximum Gasteiger partial charge on any atom is 0.283 e. The predicted molar refractivity (Wildman–Crippen MR) is 245 cm³/mol. The van der Waals surface area contributed by atoms with Crippen LogP contribution in [0.3, 0.4) is 0 Å². The molecule has 4 aliphatic rings. The minimum atomic E-state index is -1.11. The van der Waals surface area contributed by atoms with Gasteiger partial charge in [0.2, 0.25) is 0 Å². The first-order valence-corrected chi connectivity index (χ1v) is 20.6. The zero-order valence-corrected chi connectivity index (χ0v) is 37.7. The molecule has 4 aliphatic heterocycles. The largest absolute Gasteiger partial charge is 0.462 e. The number of rotatable bonds is 2. The van der Waals surface area contributed by atoms with E-state index in [4.69, 9.17) is 44.9 Å². The fraction of sp³-hybridized carbons (Fsp3) is 0.346. The Kier molecular flexibility index (Phi) is 11.8. The number of nitrogens with zero attached hydrogens (tertiary/aromatic N) is 2. The highest BCUT2D eigenvalue weighted by molar-refractivity contribution is 5.78. The number of aliphatic imine (C=N–C) groups is 2. The molecule has 0 aliphatic carbocycles. The number of ether oxygens (including phenoxy) is 6. The Morgan fingerprint density at radius 1 is 0.500 bits per heavy atom. The molecule has 64 heavy (non-hydrogen) atoms. The lowest BCUT2D eigenvalue weighted by Gasteiger charge is -2.33. The van der Waals surface area contributed by atoms with Crippen molar-refractivity contribution in [1.82, 2.24) is 0 Å². The van der Waals surface area contributed by atoms with Crippen LogP contribution in [0.5, 0.6) is 23.0 Å². The summed E-state index contributed by atoms with van der Waals surface area (Å²) in [5.41, 5.74) is 13.2. The van der Waals surface area contributed by atoms with Crippen LogP contribution in [-0.4, -0.2) is 72.1 Å². The summed E-state index contributed by atoms with van der Waals surface area (Å²) < 4.78 is 34.5. The molecule has 0 fully saturated rings. The summed E-state index contributed by atoms with van der Waals surface area (Å²) in [7, 11) is 3.28. The smallest absolute Gasteiger partial charge is 0.283 e. The number of methoxy groups -OCH3 is 2. The van der Waals surface area contributed by atoms with E-state index in [1.165, 1.54) is 0 Å². The summed E-state index contributed by atoms with van der Waals surface area (Å²) in [6, 6.07) is 23.0. The molecular weight excluding hydrogens is 809 g/mol. The van der Waals surface area contributed by atoms with E-state index in [-0.39, 0.29) is 25.3 Å². The summed E-state index contributed by atoms with van der Waals surface area (Å²) in [5, 5.41) is 19.9. The monoisotopic (exact) mass is 860 g/mol. The minimum Gasteiger partial charge on any atom is -0.462 e. The van der Waals surface area contributed by atoms with E-state index < -0.39 is 33.5 Å². The number of hydrogen-bond acceptors (Lipinski definition) is 12. The fourth-order valence-electron chi connectivity index (χ4n) is 7.02. The Morgan fingerprint density at radius 2 is 0.781 bits per heavy atom. The molecule has 4 aromatic rings. The van der Waals surface area contributed by atoms with Gasteiger partial charge in [0.25, 0.3) is 12.0 Å². The molecule has 0 saturated heterocycles. The number of amidine groups is 2. The normalized spacial score (nSPS) is 15.8.